The van der Waals surface area contributed by atoms with E-state index in [0.29, 0.717) is 0 Å². The minimum Gasteiger partial charge on any atom is -0.338 e. The molecule has 4 heterocycles. The number of amides is 1. The van der Waals surface area contributed by atoms with Crippen molar-refractivity contribution < 1.29 is 4.79 Å². The van der Waals surface area contributed by atoms with Crippen molar-refractivity contribution in [2.24, 2.45) is 5.41 Å². The molecule has 0 bridgehead atoms. The Kier molecular flexibility index (Phi) is 4.49. The van der Waals surface area contributed by atoms with Crippen molar-refractivity contribution in [3.8, 4) is 0 Å². The highest BCUT2D eigenvalue weighted by molar-refractivity contribution is 5.94. The Hall–Kier alpha value is -2.27. The minimum atomic E-state index is 0.140. The lowest BCUT2D eigenvalue weighted by atomic mass is 9.79. The summed E-state index contributed by atoms with van der Waals surface area (Å²) in [6, 6.07) is 9.71. The van der Waals surface area contributed by atoms with E-state index in [1.54, 1.807) is 12.4 Å². The van der Waals surface area contributed by atoms with E-state index < -0.39 is 0 Å². The van der Waals surface area contributed by atoms with Gasteiger partial charge >= 0.3 is 0 Å². The highest BCUT2D eigenvalue weighted by Crippen LogP contribution is 2.39. The second-order valence-corrected chi connectivity index (χ2v) is 7.35. The summed E-state index contributed by atoms with van der Waals surface area (Å²) in [7, 11) is 0. The number of likely N-dealkylation sites (tertiary alicyclic amines) is 2. The van der Waals surface area contributed by atoms with E-state index in [-0.39, 0.29) is 11.3 Å². The van der Waals surface area contributed by atoms with Crippen LogP contribution >= 0.6 is 0 Å². The molecule has 0 unspecified atom stereocenters. The van der Waals surface area contributed by atoms with Crippen LogP contribution in [0.4, 0.5) is 0 Å². The summed E-state index contributed by atoms with van der Waals surface area (Å²) >= 11 is 0. The zero-order valence-electron chi connectivity index (χ0n) is 14.5. The fraction of sp³-hybridized carbons (Fsp3) is 0.450. The summed E-state index contributed by atoms with van der Waals surface area (Å²) in [5.74, 6) is 0.140. The summed E-state index contributed by atoms with van der Waals surface area (Å²) in [5.41, 5.74) is 2.12. The average Bonchev–Trinajstić information content (AvgIpc) is 3.06. The maximum absolute atomic E-state index is 12.7. The summed E-state index contributed by atoms with van der Waals surface area (Å²) < 4.78 is 0. The van der Waals surface area contributed by atoms with Gasteiger partial charge in [0, 0.05) is 55.7 Å². The Bertz CT molecular complexity index is 721. The molecule has 2 aromatic rings. The molecule has 0 aliphatic carbocycles. The van der Waals surface area contributed by atoms with Crippen molar-refractivity contribution in [3.63, 3.8) is 0 Å². The standard InChI is InChI=1S/C20H24N4O/c25-19(17-5-10-21-11-6-17)24-13-8-20(16-24)7-3-12-23(15-20)14-18-4-1-2-9-22-18/h1-2,4-6,9-11H,3,7-8,12-16H2/t20-/m0/s1. The Morgan fingerprint density at radius 2 is 1.92 bits per heavy atom. The second kappa shape index (κ2) is 6.92. The van der Waals surface area contributed by atoms with Gasteiger partial charge in [-0.15, -0.1) is 0 Å². The van der Waals surface area contributed by atoms with Crippen LogP contribution in [0.1, 0.15) is 35.3 Å². The number of hydrogen-bond acceptors (Lipinski definition) is 4. The maximum atomic E-state index is 12.7. The van der Waals surface area contributed by atoms with Gasteiger partial charge in [-0.1, -0.05) is 6.07 Å². The van der Waals surface area contributed by atoms with Crippen molar-refractivity contribution in [1.82, 2.24) is 19.8 Å². The van der Waals surface area contributed by atoms with Crippen molar-refractivity contribution in [2.45, 2.75) is 25.8 Å². The molecule has 2 aromatic heterocycles. The van der Waals surface area contributed by atoms with Gasteiger partial charge in [-0.2, -0.15) is 0 Å². The fourth-order valence-electron chi connectivity index (χ4n) is 4.28. The first-order chi connectivity index (χ1) is 12.2. The van der Waals surface area contributed by atoms with Crippen molar-refractivity contribution in [3.05, 3.63) is 60.2 Å². The fourth-order valence-corrected chi connectivity index (χ4v) is 4.28. The van der Waals surface area contributed by atoms with Crippen LogP contribution in [0.5, 0.6) is 0 Å². The molecule has 0 N–H and O–H groups in total. The van der Waals surface area contributed by atoms with Crippen molar-refractivity contribution in [1.29, 1.82) is 0 Å². The predicted molar refractivity (Wildman–Crippen MR) is 95.9 cm³/mol. The summed E-state index contributed by atoms with van der Waals surface area (Å²) in [5, 5.41) is 0. The van der Waals surface area contributed by atoms with E-state index in [1.165, 1.54) is 12.8 Å². The molecule has 1 atom stereocenters. The number of hydrogen-bond donors (Lipinski definition) is 0. The van der Waals surface area contributed by atoms with Gasteiger partial charge in [-0.3, -0.25) is 19.7 Å². The molecular weight excluding hydrogens is 312 g/mol. The van der Waals surface area contributed by atoms with Gasteiger partial charge in [0.2, 0.25) is 0 Å². The molecule has 0 aromatic carbocycles. The van der Waals surface area contributed by atoms with Gasteiger partial charge in [-0.05, 0) is 50.1 Å². The lowest BCUT2D eigenvalue weighted by Crippen LogP contribution is -2.45. The molecule has 2 saturated heterocycles. The van der Waals surface area contributed by atoms with Gasteiger partial charge in [-0.25, -0.2) is 0 Å². The van der Waals surface area contributed by atoms with Crippen LogP contribution in [0.15, 0.2) is 48.9 Å². The highest BCUT2D eigenvalue weighted by atomic mass is 16.2. The highest BCUT2D eigenvalue weighted by Gasteiger charge is 2.42. The Labute approximate surface area is 148 Å². The number of carbonyl (C=O) groups is 1. The van der Waals surface area contributed by atoms with Crippen molar-refractivity contribution >= 4 is 5.91 Å². The van der Waals surface area contributed by atoms with Crippen LogP contribution in [0.3, 0.4) is 0 Å². The van der Waals surface area contributed by atoms with Crippen LogP contribution in [0.2, 0.25) is 0 Å². The molecule has 0 saturated carbocycles. The molecular formula is C20H24N4O. The first-order valence-electron chi connectivity index (χ1n) is 9.06. The average molecular weight is 336 g/mol. The number of piperidine rings is 1. The van der Waals surface area contributed by atoms with Gasteiger partial charge in [0.05, 0.1) is 5.69 Å². The van der Waals surface area contributed by atoms with E-state index >= 15 is 0 Å². The van der Waals surface area contributed by atoms with E-state index in [0.717, 1.165) is 50.4 Å². The van der Waals surface area contributed by atoms with Gasteiger partial charge in [0.15, 0.2) is 0 Å². The predicted octanol–water partition coefficient (Wildman–Crippen LogP) is 2.60. The molecule has 2 aliphatic rings. The zero-order chi connectivity index (χ0) is 17.1. The smallest absolute Gasteiger partial charge is 0.253 e. The molecule has 5 heteroatoms. The molecule has 0 radical (unpaired) electrons. The SMILES string of the molecule is O=C(c1ccncc1)N1CC[C@]2(CCCN(Cc3ccccn3)C2)C1. The van der Waals surface area contributed by atoms with E-state index in [2.05, 4.69) is 20.9 Å². The Balaban J connectivity index is 1.41. The van der Waals surface area contributed by atoms with E-state index in [9.17, 15) is 4.79 Å². The molecule has 2 fully saturated rings. The molecule has 25 heavy (non-hydrogen) atoms. The first-order valence-corrected chi connectivity index (χ1v) is 9.06. The van der Waals surface area contributed by atoms with Crippen LogP contribution in [-0.2, 0) is 6.54 Å². The molecule has 130 valence electrons. The number of aromatic nitrogens is 2. The van der Waals surface area contributed by atoms with Crippen LogP contribution in [-0.4, -0.2) is 51.9 Å². The van der Waals surface area contributed by atoms with Gasteiger partial charge < -0.3 is 4.90 Å². The lowest BCUT2D eigenvalue weighted by molar-refractivity contribution is 0.0672. The quantitative estimate of drug-likeness (QED) is 0.864. The third-order valence-electron chi connectivity index (χ3n) is 5.51. The third-order valence-corrected chi connectivity index (χ3v) is 5.51. The number of carbonyl (C=O) groups excluding carboxylic acids is 1. The molecule has 4 rings (SSSR count). The number of nitrogens with zero attached hydrogens (tertiary/aromatic N) is 4. The van der Waals surface area contributed by atoms with Crippen molar-refractivity contribution in [2.75, 3.05) is 26.2 Å². The van der Waals surface area contributed by atoms with Crippen LogP contribution in [0, 0.1) is 5.41 Å². The monoisotopic (exact) mass is 336 g/mol. The Morgan fingerprint density at radius 1 is 1.04 bits per heavy atom. The molecule has 2 aliphatic heterocycles. The van der Waals surface area contributed by atoms with Gasteiger partial charge in [0.1, 0.15) is 0 Å². The second-order valence-electron chi connectivity index (χ2n) is 7.35. The normalized spacial score (nSPS) is 23.9. The van der Waals surface area contributed by atoms with Crippen LogP contribution < -0.4 is 0 Å². The molecule has 5 nitrogen and oxygen atoms in total. The summed E-state index contributed by atoms with van der Waals surface area (Å²) in [6.45, 7) is 4.81. The number of rotatable bonds is 3. The third kappa shape index (κ3) is 3.56. The molecule has 1 amide bonds. The summed E-state index contributed by atoms with van der Waals surface area (Å²) in [4.78, 5) is 25.7. The first kappa shape index (κ1) is 16.2. The topological polar surface area (TPSA) is 49.3 Å². The van der Waals surface area contributed by atoms with E-state index in [1.807, 2.05) is 35.4 Å². The zero-order valence-corrected chi connectivity index (χ0v) is 14.5. The summed E-state index contributed by atoms with van der Waals surface area (Å²) in [6.07, 6.45) is 8.75. The largest absolute Gasteiger partial charge is 0.338 e. The van der Waals surface area contributed by atoms with Gasteiger partial charge in [0.25, 0.3) is 5.91 Å². The Morgan fingerprint density at radius 3 is 2.72 bits per heavy atom. The maximum Gasteiger partial charge on any atom is 0.253 e. The van der Waals surface area contributed by atoms with Crippen LogP contribution in [0.25, 0.3) is 0 Å². The number of pyridine rings is 2. The molecule has 1 spiro atoms. The minimum absolute atomic E-state index is 0.140. The van der Waals surface area contributed by atoms with E-state index in [4.69, 9.17) is 0 Å². The lowest BCUT2D eigenvalue weighted by Gasteiger charge is -2.40.